The van der Waals surface area contributed by atoms with Gasteiger partial charge < -0.3 is 15.0 Å². The van der Waals surface area contributed by atoms with Gasteiger partial charge in [0, 0.05) is 10.0 Å². The van der Waals surface area contributed by atoms with Gasteiger partial charge in [-0.05, 0) is 38.1 Å². The second-order valence-corrected chi connectivity index (χ2v) is 6.27. The van der Waals surface area contributed by atoms with Gasteiger partial charge in [0.15, 0.2) is 0 Å². The number of aromatic nitrogens is 3. The van der Waals surface area contributed by atoms with Crippen molar-refractivity contribution in [2.24, 2.45) is 0 Å². The molecular formula is C18H15BrKN3O4. The summed E-state index contributed by atoms with van der Waals surface area (Å²) in [6, 6.07) is 10.2. The Morgan fingerprint density at radius 2 is 1.52 bits per heavy atom. The maximum absolute atomic E-state index is 11.0. The normalized spacial score (nSPS) is 9.59. The molecule has 2 aromatic carbocycles. The molecule has 0 unspecified atom stereocenters. The molecule has 0 saturated carbocycles. The summed E-state index contributed by atoms with van der Waals surface area (Å²) in [5, 5.41) is 27.3. The zero-order valence-electron chi connectivity index (χ0n) is 15.0. The number of aryl methyl sites for hydroxylation is 2. The molecule has 0 spiro atoms. The standard InChI is InChI=1S/C10H9N3O2.C8H7BrO2.K/c1-7-2-3-9(8(6-7)10(14)15)13-11-4-5-12-13;1-5-2-3-7(9)6(4-5)8(10)11;/h2-6H,1H3,(H,14,15);2-4H,1H3,(H,10,11);/q;;+1/p-1. The van der Waals surface area contributed by atoms with Gasteiger partial charge in [0.1, 0.15) is 5.69 Å². The van der Waals surface area contributed by atoms with Gasteiger partial charge >= 0.3 is 57.4 Å². The number of carbonyl (C=O) groups excluding carboxylic acids is 1. The molecule has 0 aliphatic carbocycles. The van der Waals surface area contributed by atoms with Crippen LogP contribution in [0, 0.1) is 13.8 Å². The number of nitrogens with zero attached hydrogens (tertiary/aromatic N) is 3. The van der Waals surface area contributed by atoms with Crippen molar-refractivity contribution in [2.45, 2.75) is 13.8 Å². The van der Waals surface area contributed by atoms with Crippen LogP contribution in [0.1, 0.15) is 31.8 Å². The van der Waals surface area contributed by atoms with E-state index in [2.05, 4.69) is 26.1 Å². The van der Waals surface area contributed by atoms with Gasteiger partial charge in [-0.1, -0.05) is 39.2 Å². The summed E-state index contributed by atoms with van der Waals surface area (Å²) in [5.41, 5.74) is 2.67. The van der Waals surface area contributed by atoms with Crippen molar-refractivity contribution in [1.29, 1.82) is 0 Å². The average Bonchev–Trinajstić information content (AvgIpc) is 3.11. The Labute approximate surface area is 207 Å². The summed E-state index contributed by atoms with van der Waals surface area (Å²) in [6.07, 6.45) is 3.01. The Hall–Kier alpha value is -1.36. The molecule has 0 atom stereocenters. The molecule has 3 rings (SSSR count). The van der Waals surface area contributed by atoms with Crippen molar-refractivity contribution in [3.8, 4) is 5.69 Å². The molecule has 0 fully saturated rings. The molecule has 0 aliphatic heterocycles. The zero-order chi connectivity index (χ0) is 19.3. The number of halogens is 1. The van der Waals surface area contributed by atoms with Crippen LogP contribution in [0.4, 0.5) is 0 Å². The maximum Gasteiger partial charge on any atom is 1.00 e. The summed E-state index contributed by atoms with van der Waals surface area (Å²) in [5.74, 6) is -2.13. The first-order chi connectivity index (χ1) is 12.3. The molecule has 0 bridgehead atoms. The van der Waals surface area contributed by atoms with Gasteiger partial charge in [0.25, 0.3) is 0 Å². The molecule has 9 heteroatoms. The summed E-state index contributed by atoms with van der Waals surface area (Å²) >= 11 is 3.11. The Kier molecular flexibility index (Phi) is 9.50. The van der Waals surface area contributed by atoms with E-state index in [1.54, 1.807) is 24.3 Å². The Morgan fingerprint density at radius 3 is 2.00 bits per heavy atom. The second-order valence-electron chi connectivity index (χ2n) is 5.42. The Bertz CT molecular complexity index is 946. The predicted molar refractivity (Wildman–Crippen MR) is 96.3 cm³/mol. The van der Waals surface area contributed by atoms with Crippen LogP contribution in [0.5, 0.6) is 0 Å². The summed E-state index contributed by atoms with van der Waals surface area (Å²) in [6.45, 7) is 3.67. The van der Waals surface area contributed by atoms with Gasteiger partial charge in [0.05, 0.1) is 23.9 Å². The topological polar surface area (TPSA) is 108 Å². The van der Waals surface area contributed by atoms with E-state index in [0.29, 0.717) is 10.2 Å². The van der Waals surface area contributed by atoms with Gasteiger partial charge in [-0.3, -0.25) is 0 Å². The number of hydrogen-bond acceptors (Lipinski definition) is 5. The van der Waals surface area contributed by atoms with Gasteiger partial charge in [0.2, 0.25) is 0 Å². The summed E-state index contributed by atoms with van der Waals surface area (Å²) in [4.78, 5) is 22.7. The largest absolute Gasteiger partial charge is 1.00 e. The van der Waals surface area contributed by atoms with Crippen LogP contribution in [-0.2, 0) is 0 Å². The average molecular weight is 456 g/mol. The van der Waals surface area contributed by atoms with Crippen LogP contribution >= 0.6 is 15.9 Å². The first-order valence-corrected chi connectivity index (χ1v) is 8.27. The number of hydrogen-bond donors (Lipinski definition) is 1. The van der Waals surface area contributed by atoms with E-state index >= 15 is 0 Å². The first-order valence-electron chi connectivity index (χ1n) is 7.47. The van der Waals surface area contributed by atoms with Crippen LogP contribution in [0.25, 0.3) is 5.69 Å². The Balaban J connectivity index is 0.000000273. The van der Waals surface area contributed by atoms with E-state index < -0.39 is 11.9 Å². The maximum atomic E-state index is 11.0. The first kappa shape index (κ1) is 23.7. The molecule has 27 heavy (non-hydrogen) atoms. The van der Waals surface area contributed by atoms with Crippen LogP contribution < -0.4 is 56.5 Å². The molecule has 0 amide bonds. The molecular weight excluding hydrogens is 441 g/mol. The number of carboxylic acids is 2. The monoisotopic (exact) mass is 455 g/mol. The van der Waals surface area contributed by atoms with Crippen LogP contribution in [0.3, 0.4) is 0 Å². The molecule has 134 valence electrons. The fourth-order valence-electron chi connectivity index (χ4n) is 2.13. The van der Waals surface area contributed by atoms with E-state index in [1.165, 1.54) is 17.2 Å². The zero-order valence-corrected chi connectivity index (χ0v) is 19.7. The number of carboxylic acid groups (broad SMARTS) is 2. The van der Waals surface area contributed by atoms with Crippen molar-refractivity contribution < 1.29 is 71.2 Å². The summed E-state index contributed by atoms with van der Waals surface area (Å²) < 4.78 is 0.558. The Morgan fingerprint density at radius 1 is 1.00 bits per heavy atom. The van der Waals surface area contributed by atoms with Crippen molar-refractivity contribution in [3.05, 3.63) is 75.5 Å². The van der Waals surface area contributed by atoms with Crippen LogP contribution in [0.15, 0.2) is 53.3 Å². The van der Waals surface area contributed by atoms with Gasteiger partial charge in [-0.25, -0.2) is 4.79 Å². The SMILES string of the molecule is Cc1ccc(-n2nccn2)c(C(=O)O)c1.Cc1ccc(Br)c(C(=O)[O-])c1.[K+]. The van der Waals surface area contributed by atoms with Crippen LogP contribution in [-0.4, -0.2) is 32.0 Å². The van der Waals surface area contributed by atoms with E-state index in [1.807, 2.05) is 26.0 Å². The second kappa shape index (κ2) is 10.8. The van der Waals surface area contributed by atoms with Crippen molar-refractivity contribution in [2.75, 3.05) is 0 Å². The molecule has 7 nitrogen and oxygen atoms in total. The minimum absolute atomic E-state index is 0. The molecule has 1 heterocycles. The molecule has 1 aromatic heterocycles. The minimum Gasteiger partial charge on any atom is -0.545 e. The molecule has 3 aromatic rings. The minimum atomic E-state index is -1.15. The smallest absolute Gasteiger partial charge is 0.545 e. The predicted octanol–water partition coefficient (Wildman–Crippen LogP) is -0.601. The van der Waals surface area contributed by atoms with E-state index in [0.717, 1.165) is 11.1 Å². The third kappa shape index (κ3) is 6.63. The van der Waals surface area contributed by atoms with E-state index in [9.17, 15) is 14.7 Å². The third-order valence-corrected chi connectivity index (χ3v) is 4.05. The van der Waals surface area contributed by atoms with Crippen molar-refractivity contribution in [3.63, 3.8) is 0 Å². The molecule has 0 saturated heterocycles. The third-order valence-electron chi connectivity index (χ3n) is 3.36. The molecule has 0 aliphatic rings. The number of rotatable bonds is 3. The van der Waals surface area contributed by atoms with Crippen molar-refractivity contribution >= 4 is 27.9 Å². The number of aromatic carboxylic acids is 2. The quantitative estimate of drug-likeness (QED) is 0.528. The van der Waals surface area contributed by atoms with Crippen molar-refractivity contribution in [1.82, 2.24) is 15.0 Å². The number of benzene rings is 2. The molecule has 0 radical (unpaired) electrons. The van der Waals surface area contributed by atoms with Crippen LogP contribution in [0.2, 0.25) is 0 Å². The van der Waals surface area contributed by atoms with Gasteiger partial charge in [-0.2, -0.15) is 15.0 Å². The van der Waals surface area contributed by atoms with Gasteiger partial charge in [-0.15, -0.1) is 0 Å². The molecule has 1 N–H and O–H groups in total. The number of carbonyl (C=O) groups is 2. The summed E-state index contributed by atoms with van der Waals surface area (Å²) in [7, 11) is 0. The fourth-order valence-corrected chi connectivity index (χ4v) is 2.54. The van der Waals surface area contributed by atoms with E-state index in [-0.39, 0.29) is 62.5 Å². The van der Waals surface area contributed by atoms with E-state index in [4.69, 9.17) is 5.11 Å². The fraction of sp³-hybridized carbons (Fsp3) is 0.111.